The summed E-state index contributed by atoms with van der Waals surface area (Å²) >= 11 is 0. The first-order valence-corrected chi connectivity index (χ1v) is 6.97. The number of hydrogen-bond donors (Lipinski definition) is 1. The number of halogens is 3. The van der Waals surface area contributed by atoms with E-state index in [9.17, 15) is 18.0 Å². The Hall–Kier alpha value is -0.780. The highest BCUT2D eigenvalue weighted by Crippen LogP contribution is 2.40. The lowest BCUT2D eigenvalue weighted by molar-refractivity contribution is -0.185. The first kappa shape index (κ1) is 14.6. The molecular formula is C13H21F3N2O. The monoisotopic (exact) mass is 278 g/mol. The number of nitrogens with zero attached hydrogens (tertiary/aromatic N) is 1. The van der Waals surface area contributed by atoms with Crippen LogP contribution in [0.25, 0.3) is 0 Å². The minimum atomic E-state index is -4.10. The lowest BCUT2D eigenvalue weighted by atomic mass is 9.81. The van der Waals surface area contributed by atoms with E-state index < -0.39 is 12.1 Å². The number of carbonyl (C=O) groups excluding carboxylic acids is 1. The highest BCUT2D eigenvalue weighted by atomic mass is 19.4. The molecule has 1 aliphatic carbocycles. The van der Waals surface area contributed by atoms with Crippen molar-refractivity contribution in [1.29, 1.82) is 0 Å². The molecule has 0 bridgehead atoms. The number of piperazine rings is 1. The molecule has 0 aromatic heterocycles. The molecule has 2 aliphatic rings. The Morgan fingerprint density at radius 2 is 1.84 bits per heavy atom. The lowest BCUT2D eigenvalue weighted by Gasteiger charge is -2.38. The summed E-state index contributed by atoms with van der Waals surface area (Å²) in [5.41, 5.74) is 0. The lowest BCUT2D eigenvalue weighted by Crippen LogP contribution is -2.54. The van der Waals surface area contributed by atoms with E-state index in [4.69, 9.17) is 0 Å². The zero-order valence-corrected chi connectivity index (χ0v) is 11.2. The van der Waals surface area contributed by atoms with Crippen LogP contribution < -0.4 is 5.32 Å². The average Bonchev–Trinajstić information content (AvgIpc) is 2.38. The topological polar surface area (TPSA) is 32.3 Å². The molecule has 6 heteroatoms. The maximum atomic E-state index is 12.6. The summed E-state index contributed by atoms with van der Waals surface area (Å²) in [5, 5.41) is 3.21. The van der Waals surface area contributed by atoms with Crippen molar-refractivity contribution >= 4 is 5.91 Å². The Morgan fingerprint density at radius 3 is 2.37 bits per heavy atom. The Balaban J connectivity index is 1.88. The molecule has 1 heterocycles. The van der Waals surface area contributed by atoms with Crippen molar-refractivity contribution in [2.45, 2.75) is 44.8 Å². The van der Waals surface area contributed by atoms with Gasteiger partial charge >= 0.3 is 6.18 Å². The summed E-state index contributed by atoms with van der Waals surface area (Å²) < 4.78 is 37.7. The molecule has 1 aliphatic heterocycles. The van der Waals surface area contributed by atoms with Crippen LogP contribution in [0.4, 0.5) is 13.2 Å². The van der Waals surface area contributed by atoms with Gasteiger partial charge in [0, 0.05) is 31.6 Å². The van der Waals surface area contributed by atoms with Crippen LogP contribution in [0.15, 0.2) is 0 Å². The molecule has 0 unspecified atom stereocenters. The molecule has 1 saturated heterocycles. The second-order valence-corrected chi connectivity index (χ2v) is 5.67. The third kappa shape index (κ3) is 3.41. The van der Waals surface area contributed by atoms with Gasteiger partial charge in [-0.2, -0.15) is 13.2 Å². The van der Waals surface area contributed by atoms with Gasteiger partial charge in [-0.05, 0) is 32.6 Å². The van der Waals surface area contributed by atoms with Gasteiger partial charge < -0.3 is 10.2 Å². The van der Waals surface area contributed by atoms with Crippen LogP contribution in [0, 0.1) is 11.8 Å². The summed E-state index contributed by atoms with van der Waals surface area (Å²) in [4.78, 5) is 14.2. The van der Waals surface area contributed by atoms with Crippen LogP contribution in [-0.2, 0) is 4.79 Å². The van der Waals surface area contributed by atoms with Crippen molar-refractivity contribution in [3.05, 3.63) is 0 Å². The van der Waals surface area contributed by atoms with Crippen LogP contribution in [0.3, 0.4) is 0 Å². The number of carbonyl (C=O) groups is 1. The van der Waals surface area contributed by atoms with Crippen molar-refractivity contribution in [3.63, 3.8) is 0 Å². The minimum absolute atomic E-state index is 0.0506. The van der Waals surface area contributed by atoms with Crippen LogP contribution in [0.1, 0.15) is 32.6 Å². The number of hydrogen-bond acceptors (Lipinski definition) is 2. The van der Waals surface area contributed by atoms with Crippen molar-refractivity contribution in [1.82, 2.24) is 10.2 Å². The van der Waals surface area contributed by atoms with E-state index in [1.54, 1.807) is 0 Å². The SMILES string of the molecule is C[C@@H]1CNCCN1C(=O)C1CCC(C(F)(F)F)CC1. The van der Waals surface area contributed by atoms with Gasteiger partial charge in [-0.1, -0.05) is 0 Å². The third-order valence-electron chi connectivity index (χ3n) is 4.32. The Kier molecular flexibility index (Phi) is 4.38. The van der Waals surface area contributed by atoms with Crippen LogP contribution >= 0.6 is 0 Å². The molecule has 19 heavy (non-hydrogen) atoms. The van der Waals surface area contributed by atoms with Gasteiger partial charge in [0.2, 0.25) is 5.91 Å². The second-order valence-electron chi connectivity index (χ2n) is 5.67. The van der Waals surface area contributed by atoms with E-state index >= 15 is 0 Å². The molecule has 0 radical (unpaired) electrons. The Bertz CT molecular complexity index is 324. The molecule has 2 rings (SSSR count). The Morgan fingerprint density at radius 1 is 1.21 bits per heavy atom. The van der Waals surface area contributed by atoms with Crippen LogP contribution in [0.2, 0.25) is 0 Å². The fourth-order valence-corrected chi connectivity index (χ4v) is 3.07. The molecule has 1 atom stereocenters. The van der Waals surface area contributed by atoms with Gasteiger partial charge in [0.05, 0.1) is 5.92 Å². The van der Waals surface area contributed by atoms with Gasteiger partial charge in [0.15, 0.2) is 0 Å². The van der Waals surface area contributed by atoms with E-state index in [0.717, 1.165) is 13.1 Å². The van der Waals surface area contributed by atoms with E-state index in [1.807, 2.05) is 11.8 Å². The predicted molar refractivity (Wildman–Crippen MR) is 65.5 cm³/mol. The quantitative estimate of drug-likeness (QED) is 0.797. The maximum absolute atomic E-state index is 12.6. The fourth-order valence-electron chi connectivity index (χ4n) is 3.07. The molecule has 0 aromatic carbocycles. The summed E-state index contributed by atoms with van der Waals surface area (Å²) in [7, 11) is 0. The maximum Gasteiger partial charge on any atom is 0.391 e. The molecule has 1 N–H and O–H groups in total. The van der Waals surface area contributed by atoms with Crippen LogP contribution in [-0.4, -0.2) is 42.7 Å². The van der Waals surface area contributed by atoms with Crippen molar-refractivity contribution in [3.8, 4) is 0 Å². The van der Waals surface area contributed by atoms with Gasteiger partial charge in [-0.15, -0.1) is 0 Å². The number of alkyl halides is 3. The van der Waals surface area contributed by atoms with Crippen molar-refractivity contribution in [2.24, 2.45) is 11.8 Å². The molecule has 0 aromatic rings. The van der Waals surface area contributed by atoms with E-state index in [2.05, 4.69) is 5.32 Å². The molecule has 0 spiro atoms. The predicted octanol–water partition coefficient (Wildman–Crippen LogP) is 2.18. The number of nitrogens with one attached hydrogen (secondary N) is 1. The first-order valence-electron chi connectivity index (χ1n) is 6.97. The summed E-state index contributed by atoms with van der Waals surface area (Å²) in [6, 6.07) is 0.140. The molecule has 3 nitrogen and oxygen atoms in total. The van der Waals surface area contributed by atoms with E-state index in [1.165, 1.54) is 0 Å². The Labute approximate surface area is 111 Å². The normalized spacial score (nSPS) is 33.3. The average molecular weight is 278 g/mol. The fraction of sp³-hybridized carbons (Fsp3) is 0.923. The van der Waals surface area contributed by atoms with Gasteiger partial charge in [0.1, 0.15) is 0 Å². The van der Waals surface area contributed by atoms with Gasteiger partial charge in [-0.3, -0.25) is 4.79 Å². The highest BCUT2D eigenvalue weighted by molar-refractivity contribution is 5.79. The van der Waals surface area contributed by atoms with Crippen LogP contribution in [0.5, 0.6) is 0 Å². The summed E-state index contributed by atoms with van der Waals surface area (Å²) in [6.45, 7) is 4.18. The summed E-state index contributed by atoms with van der Waals surface area (Å²) in [5.74, 6) is -1.37. The first-order chi connectivity index (χ1) is 8.89. The van der Waals surface area contributed by atoms with Gasteiger partial charge in [0.25, 0.3) is 0 Å². The smallest absolute Gasteiger partial charge is 0.337 e. The molecule has 2 fully saturated rings. The minimum Gasteiger partial charge on any atom is -0.337 e. The largest absolute Gasteiger partial charge is 0.391 e. The van der Waals surface area contributed by atoms with E-state index in [0.29, 0.717) is 19.4 Å². The standard InChI is InChI=1S/C13H21F3N2O/c1-9-8-17-6-7-18(9)12(19)10-2-4-11(5-3-10)13(14,15)16/h9-11,17H,2-8H2,1H3/t9-,10?,11?/m1/s1. The highest BCUT2D eigenvalue weighted by Gasteiger charge is 2.43. The van der Waals surface area contributed by atoms with Crippen molar-refractivity contribution < 1.29 is 18.0 Å². The zero-order valence-electron chi connectivity index (χ0n) is 11.2. The third-order valence-corrected chi connectivity index (χ3v) is 4.32. The number of amides is 1. The second kappa shape index (κ2) is 5.69. The van der Waals surface area contributed by atoms with E-state index in [-0.39, 0.29) is 30.7 Å². The van der Waals surface area contributed by atoms with Gasteiger partial charge in [-0.25, -0.2) is 0 Å². The number of rotatable bonds is 1. The molecule has 1 amide bonds. The molecular weight excluding hydrogens is 257 g/mol. The van der Waals surface area contributed by atoms with Crippen molar-refractivity contribution in [2.75, 3.05) is 19.6 Å². The zero-order chi connectivity index (χ0) is 14.0. The molecule has 1 saturated carbocycles. The molecule has 110 valence electrons. The summed E-state index contributed by atoms with van der Waals surface area (Å²) in [6.07, 6.45) is -3.16.